The van der Waals surface area contributed by atoms with Gasteiger partial charge in [-0.2, -0.15) is 0 Å². The molecule has 0 aliphatic carbocycles. The second-order valence-corrected chi connectivity index (χ2v) is 3.91. The van der Waals surface area contributed by atoms with Crippen LogP contribution in [0.5, 0.6) is 0 Å². The Kier molecular flexibility index (Phi) is 2.60. The fourth-order valence-corrected chi connectivity index (χ4v) is 1.82. The van der Waals surface area contributed by atoms with Gasteiger partial charge in [0.1, 0.15) is 6.10 Å². The Hall–Kier alpha value is -1.54. The number of H-pyrrole nitrogens is 1. The van der Waals surface area contributed by atoms with Crippen LogP contribution < -0.4 is 0 Å². The lowest BCUT2D eigenvalue weighted by Gasteiger charge is -2.12. The third-order valence-electron chi connectivity index (χ3n) is 2.66. The molecule has 2 heteroatoms. The summed E-state index contributed by atoms with van der Waals surface area (Å²) in [5.74, 6) is 0. The minimum absolute atomic E-state index is 0.531. The van der Waals surface area contributed by atoms with Gasteiger partial charge >= 0.3 is 0 Å². The van der Waals surface area contributed by atoms with E-state index in [0.29, 0.717) is 0 Å². The summed E-state index contributed by atoms with van der Waals surface area (Å²) >= 11 is 0. The van der Waals surface area contributed by atoms with E-state index in [1.54, 1.807) is 0 Å². The van der Waals surface area contributed by atoms with Gasteiger partial charge in [-0.05, 0) is 31.0 Å². The normalized spacial score (nSPS) is 12.7. The van der Waals surface area contributed by atoms with Crippen molar-refractivity contribution in [1.29, 1.82) is 0 Å². The number of hydrogen-bond donors (Lipinski definition) is 2. The van der Waals surface area contributed by atoms with E-state index >= 15 is 0 Å². The van der Waals surface area contributed by atoms with Crippen LogP contribution in [-0.4, -0.2) is 10.1 Å². The molecular formula is C13H15NO. The lowest BCUT2D eigenvalue weighted by Crippen LogP contribution is -2.00. The number of aromatic nitrogens is 1. The number of nitrogens with one attached hydrogen (secondary N) is 1. The first-order chi connectivity index (χ1) is 7.18. The highest BCUT2D eigenvalue weighted by atomic mass is 16.3. The Balaban J connectivity index is 2.38. The van der Waals surface area contributed by atoms with E-state index in [0.717, 1.165) is 16.7 Å². The van der Waals surface area contributed by atoms with Crippen LogP contribution in [-0.2, 0) is 0 Å². The molecule has 15 heavy (non-hydrogen) atoms. The SMILES string of the molecule is Cc1ccc(C(O)c2cc[nH]c2)c(C)c1. The smallest absolute Gasteiger partial charge is 0.106 e. The van der Waals surface area contributed by atoms with Gasteiger partial charge < -0.3 is 10.1 Å². The highest BCUT2D eigenvalue weighted by Crippen LogP contribution is 2.24. The summed E-state index contributed by atoms with van der Waals surface area (Å²) in [7, 11) is 0. The maximum Gasteiger partial charge on any atom is 0.106 e. The molecule has 1 atom stereocenters. The maximum absolute atomic E-state index is 10.1. The Morgan fingerprint density at radius 1 is 1.20 bits per heavy atom. The predicted octanol–water partition coefficient (Wildman–Crippen LogP) is 2.71. The van der Waals surface area contributed by atoms with E-state index in [1.807, 2.05) is 37.5 Å². The minimum atomic E-state index is -0.531. The van der Waals surface area contributed by atoms with E-state index in [9.17, 15) is 5.11 Å². The molecule has 0 aliphatic rings. The Bertz CT molecular complexity index is 446. The number of benzene rings is 1. The van der Waals surface area contributed by atoms with Crippen LogP contribution in [0.4, 0.5) is 0 Å². The second kappa shape index (κ2) is 3.91. The van der Waals surface area contributed by atoms with Crippen LogP contribution in [0, 0.1) is 13.8 Å². The fourth-order valence-electron chi connectivity index (χ4n) is 1.82. The molecule has 2 N–H and O–H groups in total. The highest BCUT2D eigenvalue weighted by Gasteiger charge is 2.12. The monoisotopic (exact) mass is 201 g/mol. The van der Waals surface area contributed by atoms with Gasteiger partial charge in [0.2, 0.25) is 0 Å². The van der Waals surface area contributed by atoms with Crippen LogP contribution in [0.1, 0.15) is 28.4 Å². The first-order valence-electron chi connectivity index (χ1n) is 5.06. The van der Waals surface area contributed by atoms with Crippen molar-refractivity contribution in [3.05, 3.63) is 58.9 Å². The van der Waals surface area contributed by atoms with Gasteiger partial charge in [0, 0.05) is 18.0 Å². The van der Waals surface area contributed by atoms with Crippen LogP contribution in [0.15, 0.2) is 36.7 Å². The van der Waals surface area contributed by atoms with Crippen LogP contribution in [0.3, 0.4) is 0 Å². The molecule has 2 rings (SSSR count). The Labute approximate surface area is 89.6 Å². The second-order valence-electron chi connectivity index (χ2n) is 3.91. The first-order valence-corrected chi connectivity index (χ1v) is 5.06. The minimum Gasteiger partial charge on any atom is -0.384 e. The van der Waals surface area contributed by atoms with Crippen molar-refractivity contribution in [2.45, 2.75) is 20.0 Å². The van der Waals surface area contributed by atoms with E-state index in [-0.39, 0.29) is 0 Å². The van der Waals surface area contributed by atoms with Gasteiger partial charge in [-0.3, -0.25) is 0 Å². The van der Waals surface area contributed by atoms with Crippen LogP contribution >= 0.6 is 0 Å². The van der Waals surface area contributed by atoms with Crippen molar-refractivity contribution >= 4 is 0 Å². The zero-order valence-electron chi connectivity index (χ0n) is 8.99. The first kappa shape index (κ1) is 9.99. The van der Waals surface area contributed by atoms with Gasteiger partial charge in [-0.1, -0.05) is 23.8 Å². The van der Waals surface area contributed by atoms with Crippen molar-refractivity contribution in [2.24, 2.45) is 0 Å². The predicted molar refractivity (Wildman–Crippen MR) is 60.8 cm³/mol. The third-order valence-corrected chi connectivity index (χ3v) is 2.66. The van der Waals surface area contributed by atoms with Gasteiger partial charge in [-0.15, -0.1) is 0 Å². The molecule has 1 unspecified atom stereocenters. The van der Waals surface area contributed by atoms with Gasteiger partial charge in [-0.25, -0.2) is 0 Å². The maximum atomic E-state index is 10.1. The summed E-state index contributed by atoms with van der Waals surface area (Å²) in [4.78, 5) is 2.95. The average Bonchev–Trinajstić information content (AvgIpc) is 2.69. The van der Waals surface area contributed by atoms with Gasteiger partial charge in [0.25, 0.3) is 0 Å². The molecule has 1 heterocycles. The summed E-state index contributed by atoms with van der Waals surface area (Å²) in [6, 6.07) is 8.00. The molecular weight excluding hydrogens is 186 g/mol. The molecule has 78 valence electrons. The van der Waals surface area contributed by atoms with Crippen molar-refractivity contribution in [3.8, 4) is 0 Å². The summed E-state index contributed by atoms with van der Waals surface area (Å²) in [5, 5.41) is 10.1. The van der Waals surface area contributed by atoms with Gasteiger partial charge in [0.15, 0.2) is 0 Å². The lowest BCUT2D eigenvalue weighted by atomic mass is 9.98. The molecule has 0 fully saturated rings. The number of aromatic amines is 1. The van der Waals surface area contributed by atoms with E-state index in [2.05, 4.69) is 18.0 Å². The average molecular weight is 201 g/mol. The summed E-state index contributed by atoms with van der Waals surface area (Å²) < 4.78 is 0. The van der Waals surface area contributed by atoms with Crippen molar-refractivity contribution in [2.75, 3.05) is 0 Å². The van der Waals surface area contributed by atoms with E-state index in [4.69, 9.17) is 0 Å². The standard InChI is InChI=1S/C13H15NO/c1-9-3-4-12(10(2)7-9)13(15)11-5-6-14-8-11/h3-8,13-15H,1-2H3. The lowest BCUT2D eigenvalue weighted by molar-refractivity contribution is 0.219. The van der Waals surface area contributed by atoms with Crippen LogP contribution in [0.25, 0.3) is 0 Å². The fraction of sp³-hybridized carbons (Fsp3) is 0.231. The number of hydrogen-bond acceptors (Lipinski definition) is 1. The molecule has 0 saturated heterocycles. The van der Waals surface area contributed by atoms with Gasteiger partial charge in [0.05, 0.1) is 0 Å². The Morgan fingerprint density at radius 3 is 2.60 bits per heavy atom. The number of aliphatic hydroxyl groups is 1. The number of aliphatic hydroxyl groups excluding tert-OH is 1. The van der Waals surface area contributed by atoms with E-state index < -0.39 is 6.10 Å². The topological polar surface area (TPSA) is 36.0 Å². The zero-order chi connectivity index (χ0) is 10.8. The largest absolute Gasteiger partial charge is 0.384 e. The molecule has 0 spiro atoms. The number of rotatable bonds is 2. The molecule has 0 amide bonds. The molecule has 1 aromatic carbocycles. The summed E-state index contributed by atoms with van der Waals surface area (Å²) in [5.41, 5.74) is 4.23. The number of aryl methyl sites for hydroxylation is 2. The van der Waals surface area contributed by atoms with Crippen LogP contribution in [0.2, 0.25) is 0 Å². The molecule has 2 aromatic rings. The molecule has 0 radical (unpaired) electrons. The van der Waals surface area contributed by atoms with Crippen molar-refractivity contribution < 1.29 is 5.11 Å². The molecule has 2 nitrogen and oxygen atoms in total. The highest BCUT2D eigenvalue weighted by molar-refractivity contribution is 5.36. The Morgan fingerprint density at radius 2 is 2.00 bits per heavy atom. The molecule has 0 bridgehead atoms. The molecule has 1 aromatic heterocycles. The van der Waals surface area contributed by atoms with E-state index in [1.165, 1.54) is 5.56 Å². The summed E-state index contributed by atoms with van der Waals surface area (Å²) in [6.45, 7) is 4.08. The molecule has 0 aliphatic heterocycles. The van der Waals surface area contributed by atoms with Crippen molar-refractivity contribution in [1.82, 2.24) is 4.98 Å². The zero-order valence-corrected chi connectivity index (χ0v) is 8.99. The third kappa shape index (κ3) is 1.95. The quantitative estimate of drug-likeness (QED) is 0.770. The molecule has 0 saturated carbocycles. The van der Waals surface area contributed by atoms with Crippen molar-refractivity contribution in [3.63, 3.8) is 0 Å². The summed E-state index contributed by atoms with van der Waals surface area (Å²) in [6.07, 6.45) is 3.11.